The zero-order valence-electron chi connectivity index (χ0n) is 16.7. The summed E-state index contributed by atoms with van der Waals surface area (Å²) in [5, 5.41) is 0. The SMILES string of the molecule is CCCC12C(CC)CCC13C1CCC(C(C)=O)C1(C)CCC23.CN.[HH]. The highest BCUT2D eigenvalue weighted by atomic mass is 16.1. The number of hydrogen-bond donors (Lipinski definition) is 1. The van der Waals surface area contributed by atoms with Crippen molar-refractivity contribution in [1.29, 1.82) is 0 Å². The van der Waals surface area contributed by atoms with E-state index < -0.39 is 0 Å². The van der Waals surface area contributed by atoms with Gasteiger partial charge in [-0.3, -0.25) is 4.79 Å². The molecule has 140 valence electrons. The summed E-state index contributed by atoms with van der Waals surface area (Å²) in [6.45, 7) is 9.18. The Labute approximate surface area is 150 Å². The van der Waals surface area contributed by atoms with Gasteiger partial charge < -0.3 is 5.73 Å². The van der Waals surface area contributed by atoms with Crippen molar-refractivity contribution in [2.75, 3.05) is 7.05 Å². The Morgan fingerprint density at radius 1 is 1.08 bits per heavy atom. The van der Waals surface area contributed by atoms with E-state index in [-0.39, 0.29) is 1.43 Å². The van der Waals surface area contributed by atoms with Crippen molar-refractivity contribution in [1.82, 2.24) is 0 Å². The quantitative estimate of drug-likeness (QED) is 0.743. The number of carbonyl (C=O) groups excluding carboxylic acids is 1. The summed E-state index contributed by atoms with van der Waals surface area (Å²) < 4.78 is 0. The molecule has 0 saturated heterocycles. The van der Waals surface area contributed by atoms with E-state index in [1.54, 1.807) is 0 Å². The van der Waals surface area contributed by atoms with Gasteiger partial charge in [0.1, 0.15) is 5.78 Å². The van der Waals surface area contributed by atoms with Crippen molar-refractivity contribution in [3.8, 4) is 0 Å². The van der Waals surface area contributed by atoms with Crippen LogP contribution >= 0.6 is 0 Å². The second kappa shape index (κ2) is 6.11. The fourth-order valence-corrected chi connectivity index (χ4v) is 8.89. The van der Waals surface area contributed by atoms with Gasteiger partial charge in [-0.2, -0.15) is 0 Å². The Bertz CT molecular complexity index is 508. The lowest BCUT2D eigenvalue weighted by Gasteiger charge is -2.44. The van der Waals surface area contributed by atoms with Gasteiger partial charge in [0.25, 0.3) is 0 Å². The first-order valence-electron chi connectivity index (χ1n) is 10.6. The van der Waals surface area contributed by atoms with Crippen molar-refractivity contribution in [2.24, 2.45) is 45.7 Å². The third-order valence-electron chi connectivity index (χ3n) is 9.24. The monoisotopic (exact) mass is 335 g/mol. The van der Waals surface area contributed by atoms with E-state index in [0.717, 1.165) is 17.8 Å². The molecule has 4 fully saturated rings. The smallest absolute Gasteiger partial charge is 0.133 e. The van der Waals surface area contributed by atoms with Gasteiger partial charge in [-0.15, -0.1) is 0 Å². The summed E-state index contributed by atoms with van der Waals surface area (Å²) >= 11 is 0. The van der Waals surface area contributed by atoms with E-state index in [1.807, 2.05) is 6.92 Å². The minimum Gasteiger partial charge on any atom is -0.333 e. The normalized spacial score (nSPS) is 51.1. The fourth-order valence-electron chi connectivity index (χ4n) is 8.89. The molecule has 24 heavy (non-hydrogen) atoms. The van der Waals surface area contributed by atoms with Gasteiger partial charge in [0, 0.05) is 7.34 Å². The van der Waals surface area contributed by atoms with Gasteiger partial charge in [0.15, 0.2) is 0 Å². The van der Waals surface area contributed by atoms with Crippen molar-refractivity contribution in [2.45, 2.75) is 85.5 Å². The number of Topliss-reactive ketones (excluding diaryl/α,β-unsaturated/α-hetero) is 1. The highest BCUT2D eigenvalue weighted by molar-refractivity contribution is 5.79. The van der Waals surface area contributed by atoms with E-state index in [1.165, 1.54) is 64.8 Å². The van der Waals surface area contributed by atoms with Crippen LogP contribution in [0.1, 0.15) is 86.9 Å². The molecule has 0 amide bonds. The van der Waals surface area contributed by atoms with E-state index in [9.17, 15) is 4.79 Å². The average Bonchev–Trinajstić information content (AvgIpc) is 2.83. The molecule has 0 radical (unpaired) electrons. The Balaban J connectivity index is 0.000000726. The summed E-state index contributed by atoms with van der Waals surface area (Å²) in [5.74, 6) is 3.70. The molecule has 0 bridgehead atoms. The second-order valence-electron chi connectivity index (χ2n) is 9.36. The average molecular weight is 336 g/mol. The highest BCUT2D eigenvalue weighted by Gasteiger charge is 2.85. The topological polar surface area (TPSA) is 43.1 Å². The molecule has 2 heteroatoms. The van der Waals surface area contributed by atoms with Crippen LogP contribution in [-0.4, -0.2) is 12.8 Å². The largest absolute Gasteiger partial charge is 0.333 e. The lowest BCUT2D eigenvalue weighted by Crippen LogP contribution is -2.40. The van der Waals surface area contributed by atoms with Crippen molar-refractivity contribution < 1.29 is 6.22 Å². The molecule has 2 N–H and O–H groups in total. The number of carbonyl (C=O) groups is 1. The molecule has 4 aliphatic rings. The Hall–Kier alpha value is -0.370. The summed E-state index contributed by atoms with van der Waals surface area (Å²) in [6, 6.07) is 0. The molecular formula is C22H41NO. The van der Waals surface area contributed by atoms with Crippen LogP contribution in [-0.2, 0) is 4.79 Å². The molecule has 0 aromatic rings. The number of nitrogens with two attached hydrogens (primary N) is 1. The van der Waals surface area contributed by atoms with Crippen LogP contribution in [0.25, 0.3) is 0 Å². The number of fused-ring (bicyclic) bond motifs is 2. The number of rotatable bonds is 4. The Kier molecular flexibility index (Phi) is 4.69. The molecule has 2 nitrogen and oxygen atoms in total. The Morgan fingerprint density at radius 3 is 2.38 bits per heavy atom. The predicted octanol–water partition coefficient (Wildman–Crippen LogP) is 5.45. The second-order valence-corrected chi connectivity index (χ2v) is 9.36. The summed E-state index contributed by atoms with van der Waals surface area (Å²) in [7, 11) is 1.50. The van der Waals surface area contributed by atoms with E-state index in [4.69, 9.17) is 0 Å². The van der Waals surface area contributed by atoms with Crippen LogP contribution in [0, 0.1) is 39.9 Å². The molecule has 7 unspecified atom stereocenters. The number of ketones is 1. The standard InChI is InChI=1S/C21H34O.CH5N.H2/c1-5-11-20-15(6-2)9-13-21(20)17-8-7-16(14(3)22)19(17,4)12-10-18(20)21;1-2;/h15-18H,5-13H2,1-4H3;2H2,1H3;1H. The predicted molar refractivity (Wildman–Crippen MR) is 103 cm³/mol. The summed E-state index contributed by atoms with van der Waals surface area (Å²) in [5.41, 5.74) is 6.17. The highest BCUT2D eigenvalue weighted by Crippen LogP contribution is 2.90. The van der Waals surface area contributed by atoms with Gasteiger partial charge >= 0.3 is 0 Å². The van der Waals surface area contributed by atoms with Crippen LogP contribution in [0.3, 0.4) is 0 Å². The minimum atomic E-state index is 0. The Morgan fingerprint density at radius 2 is 1.79 bits per heavy atom. The maximum absolute atomic E-state index is 12.2. The molecule has 0 heterocycles. The summed E-state index contributed by atoms with van der Waals surface area (Å²) in [6.07, 6.45) is 12.5. The maximum Gasteiger partial charge on any atom is 0.133 e. The van der Waals surface area contributed by atoms with Crippen LogP contribution in [0.4, 0.5) is 0 Å². The molecule has 4 rings (SSSR count). The van der Waals surface area contributed by atoms with E-state index in [0.29, 0.717) is 27.9 Å². The molecule has 4 aliphatic carbocycles. The van der Waals surface area contributed by atoms with Crippen molar-refractivity contribution >= 4 is 5.78 Å². The third-order valence-corrected chi connectivity index (χ3v) is 9.24. The number of hydrogen-bond acceptors (Lipinski definition) is 2. The van der Waals surface area contributed by atoms with Crippen LogP contribution in [0.5, 0.6) is 0 Å². The van der Waals surface area contributed by atoms with Crippen molar-refractivity contribution in [3.05, 3.63) is 0 Å². The molecule has 0 aromatic carbocycles. The van der Waals surface area contributed by atoms with Gasteiger partial charge in [-0.05, 0) is 92.9 Å². The first kappa shape index (κ1) is 18.4. The van der Waals surface area contributed by atoms with Gasteiger partial charge in [-0.1, -0.05) is 33.6 Å². The molecule has 4 saturated carbocycles. The van der Waals surface area contributed by atoms with Crippen molar-refractivity contribution in [3.63, 3.8) is 0 Å². The first-order valence-corrected chi connectivity index (χ1v) is 10.6. The molecular weight excluding hydrogens is 294 g/mol. The molecule has 0 aromatic heterocycles. The van der Waals surface area contributed by atoms with E-state index in [2.05, 4.69) is 26.5 Å². The third kappa shape index (κ3) is 1.90. The lowest BCUT2D eigenvalue weighted by atomic mass is 9.59. The first-order chi connectivity index (χ1) is 11.5. The molecule has 1 spiro atoms. The van der Waals surface area contributed by atoms with Crippen LogP contribution in [0.15, 0.2) is 0 Å². The zero-order valence-corrected chi connectivity index (χ0v) is 16.7. The molecule has 0 aliphatic heterocycles. The van der Waals surface area contributed by atoms with Crippen LogP contribution in [0.2, 0.25) is 0 Å². The lowest BCUT2D eigenvalue weighted by molar-refractivity contribution is -0.125. The minimum absolute atomic E-state index is 0. The van der Waals surface area contributed by atoms with E-state index >= 15 is 0 Å². The van der Waals surface area contributed by atoms with Crippen LogP contribution < -0.4 is 5.73 Å². The zero-order chi connectivity index (χ0) is 17.8. The molecule has 7 atom stereocenters. The van der Waals surface area contributed by atoms with Gasteiger partial charge in [0.2, 0.25) is 0 Å². The maximum atomic E-state index is 12.2. The van der Waals surface area contributed by atoms with Gasteiger partial charge in [0.05, 0.1) is 0 Å². The van der Waals surface area contributed by atoms with Gasteiger partial charge in [-0.25, -0.2) is 0 Å². The fraction of sp³-hybridized carbons (Fsp3) is 0.955. The summed E-state index contributed by atoms with van der Waals surface area (Å²) in [4.78, 5) is 12.2.